The molecule has 0 radical (unpaired) electrons. The van der Waals surface area contributed by atoms with Gasteiger partial charge >= 0.3 is 0 Å². The maximum atomic E-state index is 10.6. The Morgan fingerprint density at radius 3 is 2.63 bits per heavy atom. The summed E-state index contributed by atoms with van der Waals surface area (Å²) in [4.78, 5) is 11.5. The zero-order chi connectivity index (χ0) is 13.8. The summed E-state index contributed by atoms with van der Waals surface area (Å²) in [6.45, 7) is 0. The number of nitro benzene ring substituents is 1. The molecular weight excluding hydrogens is 330 g/mol. The molecule has 4 nitrogen and oxygen atoms in total. The number of halogens is 1. The molecule has 0 saturated heterocycles. The van der Waals surface area contributed by atoms with Gasteiger partial charge < -0.3 is 4.74 Å². The van der Waals surface area contributed by atoms with Gasteiger partial charge in [-0.05, 0) is 23.4 Å². The largest absolute Gasteiger partial charge is 0.496 e. The molecule has 0 fully saturated rings. The Bertz CT molecular complexity index is 568. The number of non-ortho nitro benzene ring substituents is 1. The quantitative estimate of drug-likeness (QED) is 0.461. The third-order valence-corrected chi connectivity index (χ3v) is 4.82. The lowest BCUT2D eigenvalue weighted by Crippen LogP contribution is -1.96. The first kappa shape index (κ1) is 14.0. The number of benzene rings is 1. The average molecular weight is 342 g/mol. The van der Waals surface area contributed by atoms with Crippen molar-refractivity contribution in [1.29, 1.82) is 0 Å². The van der Waals surface area contributed by atoms with Crippen LogP contribution in [0.1, 0.15) is 15.3 Å². The molecule has 1 atom stereocenters. The summed E-state index contributed by atoms with van der Waals surface area (Å²) < 4.78 is 5.29. The molecule has 1 unspecified atom stereocenters. The zero-order valence-electron chi connectivity index (χ0n) is 10.2. The van der Waals surface area contributed by atoms with E-state index in [1.54, 1.807) is 30.6 Å². The Balaban J connectivity index is 2.10. The molecule has 0 amide bonds. The fourth-order valence-electron chi connectivity index (χ4n) is 1.76. The zero-order valence-corrected chi connectivity index (χ0v) is 12.6. The summed E-state index contributed by atoms with van der Waals surface area (Å²) in [6.07, 6.45) is 0.759. The highest BCUT2D eigenvalue weighted by Crippen LogP contribution is 2.38. The Kier molecular flexibility index (Phi) is 4.55. The van der Waals surface area contributed by atoms with Crippen LogP contribution in [-0.4, -0.2) is 12.0 Å². The number of rotatable bonds is 5. The number of ether oxygens (including phenoxy) is 1. The van der Waals surface area contributed by atoms with Crippen LogP contribution in [0.2, 0.25) is 0 Å². The van der Waals surface area contributed by atoms with Crippen LogP contribution in [0.5, 0.6) is 5.75 Å². The smallest absolute Gasteiger partial charge is 0.269 e. The normalized spacial score (nSPS) is 12.1. The minimum atomic E-state index is -0.391. The van der Waals surface area contributed by atoms with Crippen molar-refractivity contribution in [2.24, 2.45) is 0 Å². The van der Waals surface area contributed by atoms with Gasteiger partial charge in [-0.25, -0.2) is 0 Å². The van der Waals surface area contributed by atoms with Crippen molar-refractivity contribution in [3.05, 3.63) is 56.3 Å². The van der Waals surface area contributed by atoms with Crippen LogP contribution < -0.4 is 4.74 Å². The maximum absolute atomic E-state index is 10.6. The van der Waals surface area contributed by atoms with E-state index >= 15 is 0 Å². The van der Waals surface area contributed by atoms with Crippen LogP contribution in [0, 0.1) is 10.1 Å². The van der Waals surface area contributed by atoms with Crippen LogP contribution in [0.3, 0.4) is 0 Å². The van der Waals surface area contributed by atoms with Crippen molar-refractivity contribution < 1.29 is 9.66 Å². The molecule has 1 heterocycles. The SMILES string of the molecule is COc1ccsc1C(Br)Cc1ccc([N+](=O)[O-])cc1. The fourth-order valence-corrected chi connectivity index (χ4v) is 3.52. The first-order valence-corrected chi connectivity index (χ1v) is 7.40. The number of thiophene rings is 1. The van der Waals surface area contributed by atoms with Crippen molar-refractivity contribution in [3.63, 3.8) is 0 Å². The van der Waals surface area contributed by atoms with Crippen LogP contribution in [0.25, 0.3) is 0 Å². The predicted molar refractivity (Wildman–Crippen MR) is 79.3 cm³/mol. The summed E-state index contributed by atoms with van der Waals surface area (Å²) in [5, 5.41) is 12.6. The van der Waals surface area contributed by atoms with E-state index in [4.69, 9.17) is 4.74 Å². The van der Waals surface area contributed by atoms with E-state index in [0.717, 1.165) is 22.6 Å². The van der Waals surface area contributed by atoms with Gasteiger partial charge in [0.05, 0.1) is 21.7 Å². The Labute approximate surface area is 123 Å². The average Bonchev–Trinajstić information content (AvgIpc) is 2.87. The molecule has 100 valence electrons. The topological polar surface area (TPSA) is 52.4 Å². The third-order valence-electron chi connectivity index (χ3n) is 2.72. The Hall–Kier alpha value is -1.40. The number of alkyl halides is 1. The van der Waals surface area contributed by atoms with Crippen molar-refractivity contribution >= 4 is 33.0 Å². The van der Waals surface area contributed by atoms with E-state index < -0.39 is 4.92 Å². The summed E-state index contributed by atoms with van der Waals surface area (Å²) in [5.41, 5.74) is 1.16. The third kappa shape index (κ3) is 3.33. The van der Waals surface area contributed by atoms with Crippen molar-refractivity contribution in [1.82, 2.24) is 0 Å². The second kappa shape index (κ2) is 6.16. The van der Waals surface area contributed by atoms with Crippen LogP contribution in [0.15, 0.2) is 35.7 Å². The van der Waals surface area contributed by atoms with Gasteiger partial charge in [-0.1, -0.05) is 28.1 Å². The Morgan fingerprint density at radius 2 is 2.05 bits per heavy atom. The molecule has 0 saturated carbocycles. The van der Waals surface area contributed by atoms with Gasteiger partial charge in [0.2, 0.25) is 0 Å². The maximum Gasteiger partial charge on any atom is 0.269 e. The first-order chi connectivity index (χ1) is 9.11. The number of methoxy groups -OCH3 is 1. The monoisotopic (exact) mass is 341 g/mol. The molecule has 2 rings (SSSR count). The standard InChI is InChI=1S/C13H12BrNO3S/c1-18-12-6-7-19-13(12)11(14)8-9-2-4-10(5-3-9)15(16)17/h2-7,11H,8H2,1H3. The highest BCUT2D eigenvalue weighted by atomic mass is 79.9. The van der Waals surface area contributed by atoms with E-state index in [-0.39, 0.29) is 10.5 Å². The van der Waals surface area contributed by atoms with E-state index in [0.29, 0.717) is 0 Å². The number of nitrogens with zero attached hydrogens (tertiary/aromatic N) is 1. The molecule has 0 aliphatic carbocycles. The van der Waals surface area contributed by atoms with Crippen LogP contribution in [-0.2, 0) is 6.42 Å². The Morgan fingerprint density at radius 1 is 1.37 bits per heavy atom. The number of hydrogen-bond donors (Lipinski definition) is 0. The number of nitro groups is 1. The van der Waals surface area contributed by atoms with Crippen LogP contribution in [0.4, 0.5) is 5.69 Å². The lowest BCUT2D eigenvalue weighted by atomic mass is 10.1. The molecule has 0 aliphatic heterocycles. The molecule has 0 N–H and O–H groups in total. The molecule has 6 heteroatoms. The number of hydrogen-bond acceptors (Lipinski definition) is 4. The molecule has 1 aromatic heterocycles. The second-order valence-electron chi connectivity index (χ2n) is 3.95. The van der Waals surface area contributed by atoms with E-state index in [2.05, 4.69) is 15.9 Å². The summed E-state index contributed by atoms with van der Waals surface area (Å²) in [6, 6.07) is 8.56. The lowest BCUT2D eigenvalue weighted by molar-refractivity contribution is -0.384. The summed E-state index contributed by atoms with van der Waals surface area (Å²) in [7, 11) is 1.65. The van der Waals surface area contributed by atoms with Gasteiger partial charge in [-0.3, -0.25) is 10.1 Å². The second-order valence-corrected chi connectivity index (χ2v) is 6.00. The molecular formula is C13H12BrNO3S. The first-order valence-electron chi connectivity index (χ1n) is 5.60. The van der Waals surface area contributed by atoms with Gasteiger partial charge in [-0.2, -0.15) is 0 Å². The molecule has 1 aromatic carbocycles. The molecule has 0 bridgehead atoms. The van der Waals surface area contributed by atoms with Crippen molar-refractivity contribution in [2.75, 3.05) is 7.11 Å². The van der Waals surface area contributed by atoms with Crippen molar-refractivity contribution in [2.45, 2.75) is 11.2 Å². The lowest BCUT2D eigenvalue weighted by Gasteiger charge is -2.10. The predicted octanol–water partition coefficient (Wildman–Crippen LogP) is 4.34. The highest BCUT2D eigenvalue weighted by Gasteiger charge is 2.15. The fraction of sp³-hybridized carbons (Fsp3) is 0.231. The molecule has 2 aromatic rings. The van der Waals surface area contributed by atoms with Crippen LogP contribution >= 0.6 is 27.3 Å². The van der Waals surface area contributed by atoms with Gasteiger partial charge in [0.1, 0.15) is 5.75 Å². The summed E-state index contributed by atoms with van der Waals surface area (Å²) >= 11 is 5.27. The van der Waals surface area contributed by atoms with Gasteiger partial charge in [0.15, 0.2) is 0 Å². The van der Waals surface area contributed by atoms with Gasteiger partial charge in [0.25, 0.3) is 5.69 Å². The van der Waals surface area contributed by atoms with Gasteiger partial charge in [0, 0.05) is 12.1 Å². The molecule has 0 aliphatic rings. The van der Waals surface area contributed by atoms with E-state index in [1.165, 1.54) is 12.1 Å². The van der Waals surface area contributed by atoms with E-state index in [9.17, 15) is 10.1 Å². The van der Waals surface area contributed by atoms with Crippen molar-refractivity contribution in [3.8, 4) is 5.75 Å². The van der Waals surface area contributed by atoms with E-state index in [1.807, 2.05) is 11.4 Å². The highest BCUT2D eigenvalue weighted by molar-refractivity contribution is 9.09. The minimum absolute atomic E-state index is 0.114. The van der Waals surface area contributed by atoms with Gasteiger partial charge in [-0.15, -0.1) is 11.3 Å². The molecule has 19 heavy (non-hydrogen) atoms. The minimum Gasteiger partial charge on any atom is -0.496 e. The summed E-state index contributed by atoms with van der Waals surface area (Å²) in [5.74, 6) is 0.869. The molecule has 0 spiro atoms.